The number of hydrogen-bond acceptors (Lipinski definition) is 7. The van der Waals surface area contributed by atoms with E-state index < -0.39 is 29.5 Å². The van der Waals surface area contributed by atoms with Gasteiger partial charge < -0.3 is 15.2 Å². The number of carboxylic acid groups (broad SMARTS) is 1. The molecule has 0 saturated heterocycles. The fourth-order valence-electron chi connectivity index (χ4n) is 3.00. The van der Waals surface area contributed by atoms with Crippen LogP contribution in [0.1, 0.15) is 29.3 Å². The average Bonchev–Trinajstić information content (AvgIpc) is 3.26. The van der Waals surface area contributed by atoms with Gasteiger partial charge in [-0.25, -0.2) is 14.6 Å². The summed E-state index contributed by atoms with van der Waals surface area (Å²) in [7, 11) is 0. The van der Waals surface area contributed by atoms with Crippen molar-refractivity contribution in [2.45, 2.75) is 20.0 Å². The number of amides is 1. The number of benzene rings is 2. The lowest BCUT2D eigenvalue weighted by Gasteiger charge is -2.14. The van der Waals surface area contributed by atoms with Crippen LogP contribution in [0, 0.1) is 11.3 Å². The molecule has 9 heteroatoms. The van der Waals surface area contributed by atoms with E-state index in [2.05, 4.69) is 10.3 Å². The van der Waals surface area contributed by atoms with Crippen LogP contribution in [0.2, 0.25) is 0 Å². The van der Waals surface area contributed by atoms with Crippen LogP contribution in [0.4, 0.5) is 5.13 Å². The maximum absolute atomic E-state index is 12.7. The van der Waals surface area contributed by atoms with Crippen LogP contribution in [-0.2, 0) is 20.9 Å². The van der Waals surface area contributed by atoms with Gasteiger partial charge in [0.1, 0.15) is 12.3 Å². The van der Waals surface area contributed by atoms with Crippen molar-refractivity contribution in [2.75, 3.05) is 5.32 Å². The first kappa shape index (κ1) is 22.8. The first-order valence-corrected chi connectivity index (χ1v) is 10.7. The highest BCUT2D eigenvalue weighted by molar-refractivity contribution is 7.14. The highest BCUT2D eigenvalue weighted by Gasteiger charge is 2.28. The Kier molecular flexibility index (Phi) is 7.45. The minimum Gasteiger partial charge on any atom is -0.478 e. The van der Waals surface area contributed by atoms with Gasteiger partial charge in [-0.1, -0.05) is 55.5 Å². The molecule has 1 aromatic heterocycles. The Morgan fingerprint density at radius 3 is 2.50 bits per heavy atom. The van der Waals surface area contributed by atoms with Crippen LogP contribution in [0.25, 0.3) is 11.3 Å². The number of esters is 1. The third kappa shape index (κ3) is 5.44. The molecule has 3 N–H and O–H groups in total. The topological polar surface area (TPSA) is 129 Å². The molecule has 0 aliphatic carbocycles. The van der Waals surface area contributed by atoms with Crippen LogP contribution in [0.3, 0.4) is 0 Å². The molecule has 0 aliphatic heterocycles. The van der Waals surface area contributed by atoms with Crippen molar-refractivity contribution in [1.29, 1.82) is 5.41 Å². The fraction of sp³-hybridized carbons (Fsp3) is 0.174. The van der Waals surface area contributed by atoms with Gasteiger partial charge in [0, 0.05) is 10.9 Å². The maximum Gasteiger partial charge on any atom is 0.353 e. The van der Waals surface area contributed by atoms with Crippen LogP contribution in [0.15, 0.2) is 60.0 Å². The fourth-order valence-corrected chi connectivity index (χ4v) is 3.72. The standard InChI is InChI=1S/C23H21N3O5S/c1-2-15(19(24)22(30)31-12-14-8-4-3-5-9-14)20(27)26-23-25-18(13-32-23)16-10-6-7-11-17(16)21(28)29/h3-11,13,15,24H,2,12H2,1H3,(H,28,29)(H,25,26,27). The zero-order chi connectivity index (χ0) is 23.1. The number of rotatable bonds is 9. The Labute approximate surface area is 188 Å². The molecule has 0 spiro atoms. The van der Waals surface area contributed by atoms with Gasteiger partial charge in [0.2, 0.25) is 5.91 Å². The van der Waals surface area contributed by atoms with Crippen LogP contribution < -0.4 is 5.32 Å². The van der Waals surface area contributed by atoms with Crippen molar-refractivity contribution in [3.63, 3.8) is 0 Å². The number of carbonyl (C=O) groups excluding carboxylic acids is 2. The molecule has 0 aliphatic rings. The molecule has 8 nitrogen and oxygen atoms in total. The number of thiazole rings is 1. The van der Waals surface area contributed by atoms with Crippen molar-refractivity contribution in [1.82, 2.24) is 4.98 Å². The Morgan fingerprint density at radius 1 is 1.12 bits per heavy atom. The molecule has 1 amide bonds. The van der Waals surface area contributed by atoms with Gasteiger partial charge in [0.25, 0.3) is 0 Å². The second-order valence-corrected chi connectivity index (χ2v) is 7.67. The van der Waals surface area contributed by atoms with E-state index in [4.69, 9.17) is 10.1 Å². The Bertz CT molecular complexity index is 1140. The molecule has 164 valence electrons. The zero-order valence-electron chi connectivity index (χ0n) is 17.2. The third-order valence-electron chi connectivity index (χ3n) is 4.67. The minimum atomic E-state index is -1.08. The first-order valence-electron chi connectivity index (χ1n) is 9.79. The van der Waals surface area contributed by atoms with E-state index in [1.54, 1.807) is 42.6 Å². The summed E-state index contributed by atoms with van der Waals surface area (Å²) in [6.07, 6.45) is 0.227. The summed E-state index contributed by atoms with van der Waals surface area (Å²) in [4.78, 5) is 40.7. The van der Waals surface area contributed by atoms with E-state index in [0.717, 1.165) is 16.9 Å². The molecule has 0 fully saturated rings. The molecular weight excluding hydrogens is 430 g/mol. The summed E-state index contributed by atoms with van der Waals surface area (Å²) < 4.78 is 5.16. The predicted molar refractivity (Wildman–Crippen MR) is 121 cm³/mol. The lowest BCUT2D eigenvalue weighted by Crippen LogP contribution is -2.34. The molecule has 2 aromatic carbocycles. The summed E-state index contributed by atoms with van der Waals surface area (Å²) in [6.45, 7) is 1.71. The molecule has 1 heterocycles. The van der Waals surface area contributed by atoms with E-state index in [1.165, 1.54) is 6.07 Å². The number of aromatic carboxylic acids is 1. The summed E-state index contributed by atoms with van der Waals surface area (Å²) >= 11 is 1.13. The van der Waals surface area contributed by atoms with Gasteiger partial charge in [-0.2, -0.15) is 0 Å². The minimum absolute atomic E-state index is 0.0128. The van der Waals surface area contributed by atoms with Gasteiger partial charge in [0.05, 0.1) is 17.2 Å². The van der Waals surface area contributed by atoms with Gasteiger partial charge >= 0.3 is 11.9 Å². The zero-order valence-corrected chi connectivity index (χ0v) is 18.0. The van der Waals surface area contributed by atoms with E-state index in [9.17, 15) is 19.5 Å². The smallest absolute Gasteiger partial charge is 0.353 e. The molecule has 3 aromatic rings. The van der Waals surface area contributed by atoms with E-state index in [1.807, 2.05) is 18.2 Å². The summed E-state index contributed by atoms with van der Waals surface area (Å²) in [6, 6.07) is 15.5. The lowest BCUT2D eigenvalue weighted by atomic mass is 9.99. The van der Waals surface area contributed by atoms with Gasteiger partial charge in [-0.3, -0.25) is 10.2 Å². The molecule has 3 rings (SSSR count). The molecule has 1 unspecified atom stereocenters. The van der Waals surface area contributed by atoms with Gasteiger partial charge in [0.15, 0.2) is 5.13 Å². The number of ether oxygens (including phenoxy) is 1. The Hall–Kier alpha value is -3.85. The second-order valence-electron chi connectivity index (χ2n) is 6.81. The lowest BCUT2D eigenvalue weighted by molar-refractivity contribution is -0.137. The number of carbonyl (C=O) groups is 3. The highest BCUT2D eigenvalue weighted by atomic mass is 32.1. The number of anilines is 1. The average molecular weight is 452 g/mol. The molecular formula is C23H21N3O5S. The molecule has 0 bridgehead atoms. The summed E-state index contributed by atoms with van der Waals surface area (Å²) in [5.74, 6) is -3.49. The Morgan fingerprint density at radius 2 is 1.81 bits per heavy atom. The largest absolute Gasteiger partial charge is 0.478 e. The Balaban J connectivity index is 1.66. The number of hydrogen-bond donors (Lipinski definition) is 3. The van der Waals surface area contributed by atoms with Crippen molar-refractivity contribution in [3.8, 4) is 11.3 Å². The van der Waals surface area contributed by atoms with Gasteiger partial charge in [-0.05, 0) is 18.1 Å². The monoisotopic (exact) mass is 451 g/mol. The van der Waals surface area contributed by atoms with E-state index >= 15 is 0 Å². The van der Waals surface area contributed by atoms with Crippen LogP contribution >= 0.6 is 11.3 Å². The maximum atomic E-state index is 12.7. The first-order chi connectivity index (χ1) is 15.4. The highest BCUT2D eigenvalue weighted by Crippen LogP contribution is 2.28. The summed E-state index contributed by atoms with van der Waals surface area (Å²) in [5, 5.41) is 22.0. The quantitative estimate of drug-likeness (QED) is 0.330. The SMILES string of the molecule is CCC(C(=N)C(=O)OCc1ccccc1)C(=O)Nc1nc(-c2ccccc2C(=O)O)cs1. The van der Waals surface area contributed by atoms with Crippen LogP contribution in [0.5, 0.6) is 0 Å². The van der Waals surface area contributed by atoms with Crippen molar-refractivity contribution >= 4 is 40.0 Å². The molecule has 1 atom stereocenters. The van der Waals surface area contributed by atoms with Crippen molar-refractivity contribution < 1.29 is 24.2 Å². The van der Waals surface area contributed by atoms with Crippen molar-refractivity contribution in [3.05, 3.63) is 71.1 Å². The number of nitrogens with one attached hydrogen (secondary N) is 2. The van der Waals surface area contributed by atoms with Crippen LogP contribution in [-0.4, -0.2) is 33.6 Å². The predicted octanol–water partition coefficient (Wildman–Crippen LogP) is 4.24. The number of carboxylic acids is 1. The summed E-state index contributed by atoms with van der Waals surface area (Å²) in [5.41, 5.74) is 1.29. The number of nitrogens with zero attached hydrogens (tertiary/aromatic N) is 1. The third-order valence-corrected chi connectivity index (χ3v) is 5.43. The molecule has 0 radical (unpaired) electrons. The van der Waals surface area contributed by atoms with E-state index in [0.29, 0.717) is 11.3 Å². The number of aromatic nitrogens is 1. The van der Waals surface area contributed by atoms with Crippen molar-refractivity contribution in [2.24, 2.45) is 5.92 Å². The normalized spacial score (nSPS) is 11.4. The molecule has 32 heavy (non-hydrogen) atoms. The second kappa shape index (κ2) is 10.5. The van der Waals surface area contributed by atoms with Gasteiger partial charge in [-0.15, -0.1) is 11.3 Å². The van der Waals surface area contributed by atoms with E-state index in [-0.39, 0.29) is 23.7 Å². The molecule has 0 saturated carbocycles.